The molecule has 2 aromatic rings. The fourth-order valence-electron chi connectivity index (χ4n) is 3.27. The summed E-state index contributed by atoms with van der Waals surface area (Å²) in [4.78, 5) is 33.9. The lowest BCUT2D eigenvalue weighted by molar-refractivity contribution is -0.127. The van der Waals surface area contributed by atoms with Gasteiger partial charge in [-0.15, -0.1) is 11.3 Å². The quantitative estimate of drug-likeness (QED) is 0.782. The van der Waals surface area contributed by atoms with E-state index < -0.39 is 0 Å². The smallest absolute Gasteiger partial charge is 0.258 e. The average Bonchev–Trinajstić information content (AvgIpc) is 3.34. The third-order valence-electron chi connectivity index (χ3n) is 5.00. The SMILES string of the molecule is CC(=CC(=O)N1CCN(Cc2cc(=O)n3ccsc3n2)CC1)C1CC1. The van der Waals surface area contributed by atoms with Crippen LogP contribution in [0.5, 0.6) is 0 Å². The maximum absolute atomic E-state index is 12.3. The molecule has 1 saturated carbocycles. The Labute approximate surface area is 150 Å². The first-order valence-electron chi connectivity index (χ1n) is 8.75. The molecule has 3 heterocycles. The van der Waals surface area contributed by atoms with E-state index in [0.717, 1.165) is 36.8 Å². The van der Waals surface area contributed by atoms with Gasteiger partial charge in [0.25, 0.3) is 5.56 Å². The second-order valence-corrected chi connectivity index (χ2v) is 7.78. The van der Waals surface area contributed by atoms with Gasteiger partial charge in [0.05, 0.1) is 5.69 Å². The van der Waals surface area contributed by atoms with Crippen LogP contribution in [0, 0.1) is 5.92 Å². The number of rotatable bonds is 4. The highest BCUT2D eigenvalue weighted by molar-refractivity contribution is 7.15. The van der Waals surface area contributed by atoms with Gasteiger partial charge in [0.1, 0.15) is 0 Å². The van der Waals surface area contributed by atoms with Gasteiger partial charge in [-0.25, -0.2) is 4.98 Å². The van der Waals surface area contributed by atoms with Gasteiger partial charge in [0, 0.05) is 56.4 Å². The highest BCUT2D eigenvalue weighted by Gasteiger charge is 2.25. The lowest BCUT2D eigenvalue weighted by Crippen LogP contribution is -2.48. The van der Waals surface area contributed by atoms with Crippen molar-refractivity contribution < 1.29 is 4.79 Å². The van der Waals surface area contributed by atoms with E-state index in [4.69, 9.17) is 0 Å². The van der Waals surface area contributed by atoms with Crippen molar-refractivity contribution in [1.29, 1.82) is 0 Å². The number of aromatic nitrogens is 2. The van der Waals surface area contributed by atoms with E-state index in [1.54, 1.807) is 16.7 Å². The van der Waals surface area contributed by atoms with Crippen molar-refractivity contribution in [2.24, 2.45) is 5.92 Å². The number of hydrogen-bond donors (Lipinski definition) is 0. The van der Waals surface area contributed by atoms with Crippen LogP contribution < -0.4 is 5.56 Å². The van der Waals surface area contributed by atoms with Crippen molar-refractivity contribution in [2.75, 3.05) is 26.2 Å². The van der Waals surface area contributed by atoms with E-state index in [2.05, 4.69) is 16.8 Å². The van der Waals surface area contributed by atoms with Crippen molar-refractivity contribution >= 4 is 22.2 Å². The van der Waals surface area contributed by atoms with Gasteiger partial charge in [-0.1, -0.05) is 5.57 Å². The highest BCUT2D eigenvalue weighted by Crippen LogP contribution is 2.36. The number of fused-ring (bicyclic) bond motifs is 1. The van der Waals surface area contributed by atoms with Crippen LogP contribution >= 0.6 is 11.3 Å². The van der Waals surface area contributed by atoms with Gasteiger partial charge in [-0.05, 0) is 25.7 Å². The van der Waals surface area contributed by atoms with Crippen LogP contribution in [0.15, 0.2) is 34.1 Å². The molecule has 1 aliphatic carbocycles. The van der Waals surface area contributed by atoms with E-state index in [1.807, 2.05) is 16.4 Å². The first-order chi connectivity index (χ1) is 12.1. The molecule has 2 aromatic heterocycles. The Morgan fingerprint density at radius 1 is 1.32 bits per heavy atom. The first-order valence-corrected chi connectivity index (χ1v) is 9.63. The summed E-state index contributed by atoms with van der Waals surface area (Å²) in [6.07, 6.45) is 6.02. The molecule has 0 spiro atoms. The monoisotopic (exact) mass is 358 g/mol. The third-order valence-corrected chi connectivity index (χ3v) is 5.75. The molecule has 0 atom stereocenters. The Bertz CT molecular complexity index is 873. The molecular weight excluding hydrogens is 336 g/mol. The minimum atomic E-state index is -0.0317. The molecule has 1 saturated heterocycles. The summed E-state index contributed by atoms with van der Waals surface area (Å²) in [5.74, 6) is 0.781. The summed E-state index contributed by atoms with van der Waals surface area (Å²) in [7, 11) is 0. The van der Waals surface area contributed by atoms with Gasteiger partial charge in [0.2, 0.25) is 5.91 Å². The van der Waals surface area contributed by atoms with Crippen molar-refractivity contribution in [3.63, 3.8) is 0 Å². The molecule has 0 unspecified atom stereocenters. The molecule has 2 aliphatic rings. The van der Waals surface area contributed by atoms with Crippen molar-refractivity contribution in [2.45, 2.75) is 26.3 Å². The number of thiazole rings is 1. The fourth-order valence-corrected chi connectivity index (χ4v) is 4.01. The molecule has 0 aromatic carbocycles. The van der Waals surface area contributed by atoms with Crippen molar-refractivity contribution in [3.05, 3.63) is 45.3 Å². The van der Waals surface area contributed by atoms with Gasteiger partial charge in [0.15, 0.2) is 4.96 Å². The lowest BCUT2D eigenvalue weighted by atomic mass is 10.1. The second-order valence-electron chi connectivity index (χ2n) is 6.91. The number of carbonyl (C=O) groups is 1. The zero-order chi connectivity index (χ0) is 17.4. The molecule has 7 heteroatoms. The number of allylic oxidation sites excluding steroid dienone is 1. The van der Waals surface area contributed by atoms with Crippen LogP contribution in [0.1, 0.15) is 25.5 Å². The second kappa shape index (κ2) is 6.72. The highest BCUT2D eigenvalue weighted by atomic mass is 32.1. The average molecular weight is 358 g/mol. The van der Waals surface area contributed by atoms with E-state index >= 15 is 0 Å². The topological polar surface area (TPSA) is 57.9 Å². The molecule has 0 N–H and O–H groups in total. The molecular formula is C18H22N4O2S. The van der Waals surface area contributed by atoms with Crippen LogP contribution in [-0.2, 0) is 11.3 Å². The summed E-state index contributed by atoms with van der Waals surface area (Å²) in [5, 5.41) is 1.87. The van der Waals surface area contributed by atoms with Crippen molar-refractivity contribution in [1.82, 2.24) is 19.2 Å². The summed E-state index contributed by atoms with van der Waals surface area (Å²) in [5.41, 5.74) is 1.99. The Morgan fingerprint density at radius 3 is 2.80 bits per heavy atom. The van der Waals surface area contributed by atoms with E-state index in [1.165, 1.54) is 29.8 Å². The lowest BCUT2D eigenvalue weighted by Gasteiger charge is -2.34. The molecule has 1 aliphatic heterocycles. The number of piperazine rings is 1. The van der Waals surface area contributed by atoms with Gasteiger partial charge < -0.3 is 4.90 Å². The summed E-state index contributed by atoms with van der Waals surface area (Å²) in [6, 6.07) is 1.61. The molecule has 0 radical (unpaired) electrons. The summed E-state index contributed by atoms with van der Waals surface area (Å²) in [6.45, 7) is 5.81. The Balaban J connectivity index is 1.36. The standard InChI is InChI=1S/C18H22N4O2S/c1-13(14-2-3-14)10-16(23)21-6-4-20(5-7-21)12-15-11-17(24)22-8-9-25-18(22)19-15/h8-11,14H,2-7,12H2,1H3. The van der Waals surface area contributed by atoms with Crippen molar-refractivity contribution in [3.8, 4) is 0 Å². The Morgan fingerprint density at radius 2 is 2.08 bits per heavy atom. The largest absolute Gasteiger partial charge is 0.337 e. The van der Waals surface area contributed by atoms with Crippen LogP contribution in [-0.4, -0.2) is 51.3 Å². The van der Waals surface area contributed by atoms with E-state index in [-0.39, 0.29) is 11.5 Å². The summed E-state index contributed by atoms with van der Waals surface area (Å²) >= 11 is 1.47. The zero-order valence-electron chi connectivity index (χ0n) is 14.4. The normalized spacial score (nSPS) is 19.6. The van der Waals surface area contributed by atoms with Gasteiger partial charge in [-0.3, -0.25) is 18.9 Å². The number of amides is 1. The summed E-state index contributed by atoms with van der Waals surface area (Å²) < 4.78 is 1.57. The zero-order valence-corrected chi connectivity index (χ0v) is 15.2. The Kier molecular flexibility index (Phi) is 4.43. The minimum Gasteiger partial charge on any atom is -0.337 e. The van der Waals surface area contributed by atoms with E-state index in [0.29, 0.717) is 12.5 Å². The van der Waals surface area contributed by atoms with Crippen LogP contribution in [0.4, 0.5) is 0 Å². The Hall–Kier alpha value is -1.99. The van der Waals surface area contributed by atoms with Crippen LogP contribution in [0.25, 0.3) is 4.96 Å². The minimum absolute atomic E-state index is 0.0317. The number of carbonyl (C=O) groups excluding carboxylic acids is 1. The fraction of sp³-hybridized carbons (Fsp3) is 0.500. The molecule has 6 nitrogen and oxygen atoms in total. The van der Waals surface area contributed by atoms with Crippen LogP contribution in [0.2, 0.25) is 0 Å². The van der Waals surface area contributed by atoms with E-state index in [9.17, 15) is 9.59 Å². The molecule has 0 bridgehead atoms. The number of hydrogen-bond acceptors (Lipinski definition) is 5. The molecule has 1 amide bonds. The molecule has 4 rings (SSSR count). The predicted octanol–water partition coefficient (Wildman–Crippen LogP) is 1.76. The molecule has 25 heavy (non-hydrogen) atoms. The molecule has 132 valence electrons. The molecule has 2 fully saturated rings. The van der Waals surface area contributed by atoms with Gasteiger partial charge in [-0.2, -0.15) is 0 Å². The van der Waals surface area contributed by atoms with Crippen LogP contribution in [0.3, 0.4) is 0 Å². The number of nitrogens with zero attached hydrogens (tertiary/aromatic N) is 4. The third kappa shape index (κ3) is 3.67. The first kappa shape index (κ1) is 16.5. The maximum atomic E-state index is 12.3. The maximum Gasteiger partial charge on any atom is 0.258 e. The van der Waals surface area contributed by atoms with Gasteiger partial charge >= 0.3 is 0 Å². The predicted molar refractivity (Wildman–Crippen MR) is 97.7 cm³/mol.